The zero-order valence-corrected chi connectivity index (χ0v) is 13.7. The first-order chi connectivity index (χ1) is 11.6. The maximum absolute atomic E-state index is 11.3. The summed E-state index contributed by atoms with van der Waals surface area (Å²) in [5, 5.41) is 11.3. The molecule has 6 nitrogen and oxygen atoms in total. The molecule has 24 heavy (non-hydrogen) atoms. The van der Waals surface area contributed by atoms with Gasteiger partial charge in [0.15, 0.2) is 11.5 Å². The first-order valence-corrected chi connectivity index (χ1v) is 8.49. The highest BCUT2D eigenvalue weighted by atomic mass is 16.7. The quantitative estimate of drug-likeness (QED) is 0.620. The third-order valence-electron chi connectivity index (χ3n) is 4.91. The van der Waals surface area contributed by atoms with Gasteiger partial charge in [-0.25, -0.2) is 0 Å². The van der Waals surface area contributed by atoms with Crippen LogP contribution in [0.5, 0.6) is 5.75 Å². The molecule has 0 atom stereocenters. The Kier molecular flexibility index (Phi) is 3.81. The summed E-state index contributed by atoms with van der Waals surface area (Å²) in [6.07, 6.45) is 6.58. The highest BCUT2D eigenvalue weighted by Crippen LogP contribution is 2.42. The lowest BCUT2D eigenvalue weighted by molar-refractivity contribution is -0.386. The van der Waals surface area contributed by atoms with E-state index in [0.717, 1.165) is 43.2 Å². The van der Waals surface area contributed by atoms with Gasteiger partial charge >= 0.3 is 5.69 Å². The summed E-state index contributed by atoms with van der Waals surface area (Å²) in [6.45, 7) is 3.22. The standard InChI is InChI=1S/C18H21NO5/c1-12-10-16(19(20)21)17(24-14-2-3-14)11-15(12)13-4-6-18(7-5-13)22-8-9-23-18/h4,10-11,14H,2-3,5-9H2,1H3. The Balaban J connectivity index is 1.64. The van der Waals surface area contributed by atoms with Crippen LogP contribution in [0.2, 0.25) is 0 Å². The molecule has 1 saturated heterocycles. The van der Waals surface area contributed by atoms with Crippen molar-refractivity contribution in [2.45, 2.75) is 50.9 Å². The molecule has 1 aromatic carbocycles. The molecule has 1 spiro atoms. The van der Waals surface area contributed by atoms with Gasteiger partial charge in [-0.3, -0.25) is 10.1 Å². The summed E-state index contributed by atoms with van der Waals surface area (Å²) in [5.41, 5.74) is 3.18. The fourth-order valence-corrected chi connectivity index (χ4v) is 3.43. The molecule has 2 fully saturated rings. The van der Waals surface area contributed by atoms with E-state index in [0.29, 0.717) is 19.0 Å². The zero-order chi connectivity index (χ0) is 16.7. The Bertz CT molecular complexity index is 702. The van der Waals surface area contributed by atoms with Gasteiger partial charge in [-0.05, 0) is 49.0 Å². The largest absolute Gasteiger partial charge is 0.483 e. The van der Waals surface area contributed by atoms with E-state index in [-0.39, 0.29) is 16.7 Å². The van der Waals surface area contributed by atoms with Crippen molar-refractivity contribution in [3.8, 4) is 5.75 Å². The minimum atomic E-state index is -0.453. The summed E-state index contributed by atoms with van der Waals surface area (Å²) < 4.78 is 17.3. The van der Waals surface area contributed by atoms with Gasteiger partial charge in [-0.2, -0.15) is 0 Å². The SMILES string of the molecule is Cc1cc([N+](=O)[O-])c(OC2CC2)cc1C1=CCC2(CC1)OCCO2. The maximum Gasteiger partial charge on any atom is 0.311 e. The minimum Gasteiger partial charge on any atom is -0.483 e. The first kappa shape index (κ1) is 15.6. The number of rotatable bonds is 4. The van der Waals surface area contributed by atoms with Crippen LogP contribution in [0.25, 0.3) is 5.57 Å². The van der Waals surface area contributed by atoms with Crippen LogP contribution in [0.3, 0.4) is 0 Å². The zero-order valence-electron chi connectivity index (χ0n) is 13.7. The Hall–Kier alpha value is -1.92. The number of aryl methyl sites for hydroxylation is 1. The highest BCUT2D eigenvalue weighted by Gasteiger charge is 2.38. The molecular formula is C18H21NO5. The molecule has 0 bridgehead atoms. The molecule has 3 aliphatic rings. The van der Waals surface area contributed by atoms with Crippen LogP contribution in [-0.2, 0) is 9.47 Å². The summed E-state index contributed by atoms with van der Waals surface area (Å²) in [5.74, 6) is -0.0661. The molecule has 1 saturated carbocycles. The molecule has 128 valence electrons. The number of hydrogen-bond acceptors (Lipinski definition) is 5. The Labute approximate surface area is 140 Å². The molecule has 6 heteroatoms. The number of benzene rings is 1. The van der Waals surface area contributed by atoms with Crippen LogP contribution in [0.1, 0.15) is 43.2 Å². The predicted molar refractivity (Wildman–Crippen MR) is 87.9 cm³/mol. The minimum absolute atomic E-state index is 0.0542. The molecule has 0 N–H and O–H groups in total. The number of hydrogen-bond donors (Lipinski definition) is 0. The molecule has 0 amide bonds. The highest BCUT2D eigenvalue weighted by molar-refractivity contribution is 5.72. The fraction of sp³-hybridized carbons (Fsp3) is 0.556. The van der Waals surface area contributed by atoms with Gasteiger partial charge in [0.2, 0.25) is 0 Å². The average molecular weight is 331 g/mol. The first-order valence-electron chi connectivity index (χ1n) is 8.49. The summed E-state index contributed by atoms with van der Waals surface area (Å²) in [7, 11) is 0. The molecule has 1 aliphatic heterocycles. The van der Waals surface area contributed by atoms with E-state index < -0.39 is 5.79 Å². The summed E-state index contributed by atoms with van der Waals surface area (Å²) >= 11 is 0. The maximum atomic E-state index is 11.3. The normalized spacial score (nSPS) is 22.5. The van der Waals surface area contributed by atoms with Crippen LogP contribution in [-0.4, -0.2) is 30.0 Å². The molecule has 1 aromatic rings. The van der Waals surface area contributed by atoms with Gasteiger partial charge in [-0.15, -0.1) is 0 Å². The van der Waals surface area contributed by atoms with Gasteiger partial charge in [0.25, 0.3) is 0 Å². The van der Waals surface area contributed by atoms with Crippen LogP contribution in [0.4, 0.5) is 5.69 Å². The second-order valence-corrected chi connectivity index (χ2v) is 6.75. The smallest absolute Gasteiger partial charge is 0.311 e. The number of allylic oxidation sites excluding steroid dienone is 1. The summed E-state index contributed by atoms with van der Waals surface area (Å²) in [4.78, 5) is 10.9. The number of nitro groups is 1. The van der Waals surface area contributed by atoms with Crippen molar-refractivity contribution in [1.29, 1.82) is 0 Å². The monoisotopic (exact) mass is 331 g/mol. The van der Waals surface area contributed by atoms with E-state index >= 15 is 0 Å². The van der Waals surface area contributed by atoms with E-state index in [4.69, 9.17) is 14.2 Å². The van der Waals surface area contributed by atoms with Crippen LogP contribution in [0, 0.1) is 17.0 Å². The second-order valence-electron chi connectivity index (χ2n) is 6.75. The van der Waals surface area contributed by atoms with Crippen molar-refractivity contribution in [3.63, 3.8) is 0 Å². The molecular weight excluding hydrogens is 310 g/mol. The van der Waals surface area contributed by atoms with Crippen molar-refractivity contribution >= 4 is 11.3 Å². The molecule has 1 heterocycles. The number of nitro benzene ring substituents is 1. The number of nitrogens with zero attached hydrogens (tertiary/aromatic N) is 1. The topological polar surface area (TPSA) is 70.8 Å². The lowest BCUT2D eigenvalue weighted by atomic mass is 9.87. The summed E-state index contributed by atoms with van der Waals surface area (Å²) in [6, 6.07) is 3.47. The van der Waals surface area contributed by atoms with E-state index in [1.807, 2.05) is 13.0 Å². The van der Waals surface area contributed by atoms with Gasteiger partial charge in [0, 0.05) is 18.9 Å². The van der Waals surface area contributed by atoms with E-state index in [1.54, 1.807) is 6.07 Å². The third-order valence-corrected chi connectivity index (χ3v) is 4.91. The fourth-order valence-electron chi connectivity index (χ4n) is 3.43. The average Bonchev–Trinajstić information content (AvgIpc) is 3.27. The van der Waals surface area contributed by atoms with Crippen molar-refractivity contribution in [3.05, 3.63) is 39.4 Å². The second kappa shape index (κ2) is 5.86. The van der Waals surface area contributed by atoms with Crippen molar-refractivity contribution in [1.82, 2.24) is 0 Å². The van der Waals surface area contributed by atoms with Crippen LogP contribution >= 0.6 is 0 Å². The Morgan fingerprint density at radius 2 is 2.04 bits per heavy atom. The van der Waals surface area contributed by atoms with Crippen LogP contribution < -0.4 is 4.74 Å². The molecule has 2 aliphatic carbocycles. The Morgan fingerprint density at radius 3 is 2.62 bits per heavy atom. The third kappa shape index (κ3) is 2.91. The molecule has 0 radical (unpaired) electrons. The van der Waals surface area contributed by atoms with E-state index in [1.165, 1.54) is 5.57 Å². The Morgan fingerprint density at radius 1 is 1.29 bits per heavy atom. The molecule has 4 rings (SSSR count). The van der Waals surface area contributed by atoms with E-state index in [9.17, 15) is 10.1 Å². The van der Waals surface area contributed by atoms with Gasteiger partial charge in [0.1, 0.15) is 0 Å². The van der Waals surface area contributed by atoms with Crippen molar-refractivity contribution in [2.24, 2.45) is 0 Å². The molecule has 0 aromatic heterocycles. The van der Waals surface area contributed by atoms with Gasteiger partial charge in [0.05, 0.1) is 24.2 Å². The van der Waals surface area contributed by atoms with Gasteiger partial charge < -0.3 is 14.2 Å². The van der Waals surface area contributed by atoms with Crippen molar-refractivity contribution < 1.29 is 19.1 Å². The lowest BCUT2D eigenvalue weighted by Crippen LogP contribution is -2.31. The van der Waals surface area contributed by atoms with Gasteiger partial charge in [-0.1, -0.05) is 6.08 Å². The lowest BCUT2D eigenvalue weighted by Gasteiger charge is -2.31. The van der Waals surface area contributed by atoms with Crippen molar-refractivity contribution in [2.75, 3.05) is 13.2 Å². The number of ether oxygens (including phenoxy) is 3. The van der Waals surface area contributed by atoms with Crippen LogP contribution in [0.15, 0.2) is 18.2 Å². The van der Waals surface area contributed by atoms with E-state index in [2.05, 4.69) is 6.08 Å². The predicted octanol–water partition coefficient (Wildman–Crippen LogP) is 3.75. The molecule has 0 unspecified atom stereocenters.